The molecule has 1 heterocycles. The maximum absolute atomic E-state index is 14.3. The Bertz CT molecular complexity index is 988. The van der Waals surface area contributed by atoms with Crippen LogP contribution in [0.15, 0.2) is 36.4 Å². The molecule has 6 nitrogen and oxygen atoms in total. The van der Waals surface area contributed by atoms with Gasteiger partial charge in [0.25, 0.3) is 5.91 Å². The number of ether oxygens (including phenoxy) is 1. The summed E-state index contributed by atoms with van der Waals surface area (Å²) in [4.78, 5) is 38.7. The first kappa shape index (κ1) is 21.4. The number of esters is 1. The lowest BCUT2D eigenvalue weighted by atomic mass is 10.1. The minimum atomic E-state index is -1.07. The third kappa shape index (κ3) is 4.79. The molecule has 1 fully saturated rings. The van der Waals surface area contributed by atoms with Gasteiger partial charge < -0.3 is 14.5 Å². The molecule has 2 aromatic rings. The number of benzene rings is 2. The van der Waals surface area contributed by atoms with Crippen LogP contribution in [0.3, 0.4) is 0 Å². The van der Waals surface area contributed by atoms with Gasteiger partial charge in [0.1, 0.15) is 17.5 Å². The summed E-state index contributed by atoms with van der Waals surface area (Å²) in [5, 5.41) is 0. The Morgan fingerprint density at radius 3 is 2.23 bits per heavy atom. The van der Waals surface area contributed by atoms with Crippen molar-refractivity contribution in [2.45, 2.75) is 6.92 Å². The Balaban J connectivity index is 1.53. The summed E-state index contributed by atoms with van der Waals surface area (Å²) in [6.07, 6.45) is 0. The lowest BCUT2D eigenvalue weighted by Gasteiger charge is -2.36. The van der Waals surface area contributed by atoms with Gasteiger partial charge in [-0.05, 0) is 37.3 Å². The third-order valence-corrected chi connectivity index (χ3v) is 4.81. The second kappa shape index (κ2) is 8.98. The number of piperazine rings is 1. The molecule has 30 heavy (non-hydrogen) atoms. The summed E-state index contributed by atoms with van der Waals surface area (Å²) in [5.74, 6) is -4.18. The van der Waals surface area contributed by atoms with E-state index in [9.17, 15) is 27.6 Å². The zero-order valence-electron chi connectivity index (χ0n) is 16.2. The van der Waals surface area contributed by atoms with E-state index in [2.05, 4.69) is 0 Å². The van der Waals surface area contributed by atoms with E-state index in [1.165, 1.54) is 24.0 Å². The van der Waals surface area contributed by atoms with Crippen LogP contribution in [0.25, 0.3) is 0 Å². The van der Waals surface area contributed by atoms with E-state index in [1.54, 1.807) is 11.0 Å². The molecule has 0 unspecified atom stereocenters. The van der Waals surface area contributed by atoms with Gasteiger partial charge in [0, 0.05) is 37.8 Å². The van der Waals surface area contributed by atoms with Crippen molar-refractivity contribution in [1.29, 1.82) is 0 Å². The van der Waals surface area contributed by atoms with Gasteiger partial charge in [-0.3, -0.25) is 9.59 Å². The predicted octanol–water partition coefficient (Wildman–Crippen LogP) is 2.81. The summed E-state index contributed by atoms with van der Waals surface area (Å²) in [6.45, 7) is 2.02. The highest BCUT2D eigenvalue weighted by molar-refractivity contribution is 5.94. The summed E-state index contributed by atoms with van der Waals surface area (Å²) in [7, 11) is 0. The molecule has 9 heteroatoms. The lowest BCUT2D eigenvalue weighted by Crippen LogP contribution is -2.50. The second-order valence-electron chi connectivity index (χ2n) is 6.79. The lowest BCUT2D eigenvalue weighted by molar-refractivity contribution is -0.134. The van der Waals surface area contributed by atoms with Gasteiger partial charge in [0.15, 0.2) is 12.4 Å². The largest absolute Gasteiger partial charge is 0.452 e. The zero-order chi connectivity index (χ0) is 21.8. The van der Waals surface area contributed by atoms with Gasteiger partial charge in [-0.15, -0.1) is 0 Å². The first-order chi connectivity index (χ1) is 14.3. The van der Waals surface area contributed by atoms with Gasteiger partial charge >= 0.3 is 5.97 Å². The van der Waals surface area contributed by atoms with Crippen LogP contribution in [0, 0.1) is 17.5 Å². The Morgan fingerprint density at radius 2 is 1.63 bits per heavy atom. The average Bonchev–Trinajstić information content (AvgIpc) is 2.71. The minimum Gasteiger partial charge on any atom is -0.452 e. The number of anilines is 1. The topological polar surface area (TPSA) is 66.9 Å². The molecule has 0 bridgehead atoms. The minimum absolute atomic E-state index is 0.231. The van der Waals surface area contributed by atoms with Crippen LogP contribution in [0.2, 0.25) is 0 Å². The van der Waals surface area contributed by atoms with Gasteiger partial charge in [-0.25, -0.2) is 18.0 Å². The molecule has 1 saturated heterocycles. The van der Waals surface area contributed by atoms with Crippen molar-refractivity contribution in [3.05, 3.63) is 65.0 Å². The van der Waals surface area contributed by atoms with Crippen LogP contribution >= 0.6 is 0 Å². The smallest absolute Gasteiger partial charge is 0.341 e. The van der Waals surface area contributed by atoms with Crippen LogP contribution < -0.4 is 4.90 Å². The van der Waals surface area contributed by atoms with E-state index in [-0.39, 0.29) is 24.4 Å². The highest BCUT2D eigenvalue weighted by Crippen LogP contribution is 2.22. The van der Waals surface area contributed by atoms with Crippen molar-refractivity contribution in [1.82, 2.24) is 4.90 Å². The highest BCUT2D eigenvalue weighted by Gasteiger charge is 2.24. The van der Waals surface area contributed by atoms with Gasteiger partial charge in [-0.2, -0.15) is 0 Å². The number of Topliss-reactive ketones (excluding diaryl/α,β-unsaturated/α-hetero) is 1. The molecule has 3 rings (SSSR count). The zero-order valence-corrected chi connectivity index (χ0v) is 16.2. The van der Waals surface area contributed by atoms with Crippen molar-refractivity contribution in [3.63, 3.8) is 0 Å². The molecule has 1 aliphatic rings. The number of hydrogen-bond acceptors (Lipinski definition) is 5. The number of carbonyl (C=O) groups is 3. The molecule has 158 valence electrons. The molecule has 0 saturated carbocycles. The number of nitrogens with zero attached hydrogens (tertiary/aromatic N) is 2. The molecule has 0 spiro atoms. The number of carbonyl (C=O) groups excluding carboxylic acids is 3. The summed E-state index contributed by atoms with van der Waals surface area (Å²) in [5.41, 5.74) is 0.160. The molecule has 0 radical (unpaired) electrons. The molecular formula is C21H19F3N2O4. The number of amides is 1. The van der Waals surface area contributed by atoms with Crippen molar-refractivity contribution < 1.29 is 32.3 Å². The van der Waals surface area contributed by atoms with E-state index in [0.29, 0.717) is 24.8 Å². The monoisotopic (exact) mass is 420 g/mol. The molecule has 1 amide bonds. The van der Waals surface area contributed by atoms with E-state index >= 15 is 0 Å². The van der Waals surface area contributed by atoms with Crippen molar-refractivity contribution in [3.8, 4) is 0 Å². The van der Waals surface area contributed by atoms with Gasteiger partial charge in [-0.1, -0.05) is 0 Å². The van der Waals surface area contributed by atoms with Gasteiger partial charge in [0.2, 0.25) is 0 Å². The second-order valence-corrected chi connectivity index (χ2v) is 6.79. The maximum Gasteiger partial charge on any atom is 0.341 e. The average molecular weight is 420 g/mol. The Hall–Kier alpha value is -3.36. The fourth-order valence-electron chi connectivity index (χ4n) is 3.13. The van der Waals surface area contributed by atoms with Crippen LogP contribution in [0.4, 0.5) is 18.9 Å². The van der Waals surface area contributed by atoms with Crippen molar-refractivity contribution in [2.75, 3.05) is 37.7 Å². The molecule has 0 atom stereocenters. The first-order valence-corrected chi connectivity index (χ1v) is 9.21. The summed E-state index contributed by atoms with van der Waals surface area (Å²) in [6, 6.07) is 6.68. The van der Waals surface area contributed by atoms with Crippen LogP contribution in [0.1, 0.15) is 27.6 Å². The normalized spacial score (nSPS) is 13.9. The highest BCUT2D eigenvalue weighted by atomic mass is 19.1. The van der Waals surface area contributed by atoms with Crippen molar-refractivity contribution in [2.24, 2.45) is 0 Å². The fraction of sp³-hybridized carbons (Fsp3) is 0.286. The van der Waals surface area contributed by atoms with Gasteiger partial charge in [0.05, 0.1) is 11.3 Å². The molecular weight excluding hydrogens is 401 g/mol. The maximum atomic E-state index is 14.3. The molecule has 1 aliphatic heterocycles. The Kier molecular flexibility index (Phi) is 6.39. The quantitative estimate of drug-likeness (QED) is 0.550. The summed E-state index contributed by atoms with van der Waals surface area (Å²) >= 11 is 0. The number of ketones is 1. The first-order valence-electron chi connectivity index (χ1n) is 9.21. The SMILES string of the molecule is CC(=O)c1ccc(N2CCN(C(=O)COC(=O)c3ccc(F)cc3F)CC2)c(F)c1. The number of hydrogen-bond donors (Lipinski definition) is 0. The number of rotatable bonds is 5. The molecule has 0 N–H and O–H groups in total. The Labute approximate surface area is 170 Å². The fourth-order valence-corrected chi connectivity index (χ4v) is 3.13. The van der Waals surface area contributed by atoms with E-state index in [1.807, 2.05) is 0 Å². The molecule has 0 aliphatic carbocycles. The third-order valence-electron chi connectivity index (χ3n) is 4.81. The van der Waals surface area contributed by atoms with E-state index in [4.69, 9.17) is 4.74 Å². The van der Waals surface area contributed by atoms with E-state index < -0.39 is 41.5 Å². The standard InChI is InChI=1S/C21H19F3N2O4/c1-13(27)14-2-5-19(18(24)10-14)25-6-8-26(9-7-25)20(28)12-30-21(29)16-4-3-15(22)11-17(16)23/h2-5,10-11H,6-9,12H2,1H3. The predicted molar refractivity (Wildman–Crippen MR) is 102 cm³/mol. The Morgan fingerprint density at radius 1 is 0.933 bits per heavy atom. The van der Waals surface area contributed by atoms with Crippen LogP contribution in [-0.4, -0.2) is 55.3 Å². The summed E-state index contributed by atoms with van der Waals surface area (Å²) < 4.78 is 45.6. The number of halogens is 3. The van der Waals surface area contributed by atoms with Crippen LogP contribution in [0.5, 0.6) is 0 Å². The van der Waals surface area contributed by atoms with Crippen molar-refractivity contribution >= 4 is 23.3 Å². The van der Waals surface area contributed by atoms with Crippen LogP contribution in [-0.2, 0) is 9.53 Å². The molecule has 0 aromatic heterocycles. The van der Waals surface area contributed by atoms with E-state index in [0.717, 1.165) is 12.1 Å². The molecule has 2 aromatic carbocycles.